The van der Waals surface area contributed by atoms with E-state index < -0.39 is 24.5 Å². The predicted molar refractivity (Wildman–Crippen MR) is 70.6 cm³/mol. The topological polar surface area (TPSA) is 108 Å². The number of nitrogens with zero attached hydrogens (tertiary/aromatic N) is 4. The van der Waals surface area contributed by atoms with Crippen molar-refractivity contribution in [1.29, 1.82) is 0 Å². The summed E-state index contributed by atoms with van der Waals surface area (Å²) >= 11 is 0. The zero-order valence-corrected chi connectivity index (χ0v) is 10.9. The van der Waals surface area contributed by atoms with Crippen molar-refractivity contribution in [3.05, 3.63) is 25.3 Å². The van der Waals surface area contributed by atoms with Crippen molar-refractivity contribution in [3.63, 3.8) is 0 Å². The van der Waals surface area contributed by atoms with E-state index in [0.717, 1.165) is 0 Å². The number of nitrogen functional groups attached to an aromatic ring is 1. The lowest BCUT2D eigenvalue weighted by atomic mass is 10.1. The highest BCUT2D eigenvalue weighted by Gasteiger charge is 2.44. The molecule has 0 bridgehead atoms. The predicted octanol–water partition coefficient (Wildman–Crippen LogP) is -0.132. The molecule has 1 saturated heterocycles. The van der Waals surface area contributed by atoms with Gasteiger partial charge in [-0.1, -0.05) is 6.08 Å². The van der Waals surface area contributed by atoms with Crippen LogP contribution >= 0.6 is 0 Å². The fourth-order valence-corrected chi connectivity index (χ4v) is 2.41. The van der Waals surface area contributed by atoms with Gasteiger partial charge >= 0.3 is 0 Å². The van der Waals surface area contributed by atoms with Gasteiger partial charge in [0.25, 0.3) is 0 Å². The molecule has 106 valence electrons. The molecule has 0 aliphatic carbocycles. The van der Waals surface area contributed by atoms with Crippen molar-refractivity contribution in [2.45, 2.75) is 24.5 Å². The second-order valence-corrected chi connectivity index (χ2v) is 4.50. The first-order chi connectivity index (χ1) is 9.67. The summed E-state index contributed by atoms with van der Waals surface area (Å²) in [6, 6.07) is 0. The second-order valence-electron chi connectivity index (χ2n) is 4.50. The molecule has 0 radical (unpaired) electrons. The van der Waals surface area contributed by atoms with E-state index in [9.17, 15) is 5.11 Å². The molecule has 0 spiro atoms. The summed E-state index contributed by atoms with van der Waals surface area (Å²) in [4.78, 5) is 12.2. The molecule has 0 saturated carbocycles. The monoisotopic (exact) mass is 277 g/mol. The normalized spacial score (nSPS) is 29.9. The number of aliphatic hydroxyl groups excluding tert-OH is 1. The van der Waals surface area contributed by atoms with Gasteiger partial charge in [0.05, 0.1) is 6.33 Å². The minimum atomic E-state index is -0.806. The molecule has 1 aliphatic rings. The van der Waals surface area contributed by atoms with Crippen LogP contribution in [0.3, 0.4) is 0 Å². The first-order valence-electron chi connectivity index (χ1n) is 6.09. The number of methoxy groups -OCH3 is 1. The first kappa shape index (κ1) is 13.0. The largest absolute Gasteiger partial charge is 0.387 e. The van der Waals surface area contributed by atoms with Crippen LogP contribution in [0, 0.1) is 0 Å². The molecule has 3 rings (SSSR count). The van der Waals surface area contributed by atoms with Crippen molar-refractivity contribution in [2.75, 3.05) is 12.8 Å². The van der Waals surface area contributed by atoms with Crippen LogP contribution in [0.2, 0.25) is 0 Å². The van der Waals surface area contributed by atoms with Crippen molar-refractivity contribution in [3.8, 4) is 0 Å². The van der Waals surface area contributed by atoms with Crippen LogP contribution in [-0.2, 0) is 9.47 Å². The van der Waals surface area contributed by atoms with Gasteiger partial charge in [0.15, 0.2) is 17.7 Å². The molecule has 0 aromatic carbocycles. The molecule has 3 heterocycles. The van der Waals surface area contributed by atoms with Gasteiger partial charge in [0, 0.05) is 7.11 Å². The number of aliphatic hydroxyl groups is 1. The Morgan fingerprint density at radius 1 is 1.50 bits per heavy atom. The lowest BCUT2D eigenvalue weighted by Gasteiger charge is -2.19. The third-order valence-corrected chi connectivity index (χ3v) is 3.42. The maximum Gasteiger partial charge on any atom is 0.167 e. The summed E-state index contributed by atoms with van der Waals surface area (Å²) in [5.41, 5.74) is 6.77. The minimum absolute atomic E-state index is 0.293. The number of aromatic nitrogens is 4. The van der Waals surface area contributed by atoms with E-state index in [4.69, 9.17) is 15.2 Å². The molecule has 0 amide bonds. The Kier molecular flexibility index (Phi) is 3.13. The summed E-state index contributed by atoms with van der Waals surface area (Å²) in [7, 11) is 1.51. The molecule has 8 heteroatoms. The van der Waals surface area contributed by atoms with E-state index in [1.165, 1.54) is 13.4 Å². The third-order valence-electron chi connectivity index (χ3n) is 3.42. The summed E-state index contributed by atoms with van der Waals surface area (Å²) in [6.07, 6.45) is 2.02. The van der Waals surface area contributed by atoms with Gasteiger partial charge in [-0.3, -0.25) is 4.57 Å². The number of nitrogens with two attached hydrogens (primary N) is 1. The molecule has 8 nitrogen and oxygen atoms in total. The SMILES string of the molecule is C=C[C@H]1O[C@@H](n2cnc3c(N)ncnc32)[C@H](OC)[C@@H]1O. The first-order valence-corrected chi connectivity index (χ1v) is 6.09. The minimum Gasteiger partial charge on any atom is -0.387 e. The molecule has 4 atom stereocenters. The highest BCUT2D eigenvalue weighted by Crippen LogP contribution is 2.33. The number of fused-ring (bicyclic) bond motifs is 1. The van der Waals surface area contributed by atoms with E-state index in [-0.39, 0.29) is 0 Å². The number of ether oxygens (including phenoxy) is 2. The van der Waals surface area contributed by atoms with Crippen LogP contribution in [0.1, 0.15) is 6.23 Å². The van der Waals surface area contributed by atoms with Gasteiger partial charge < -0.3 is 20.3 Å². The molecule has 1 fully saturated rings. The van der Waals surface area contributed by atoms with E-state index in [0.29, 0.717) is 17.0 Å². The third kappa shape index (κ3) is 1.77. The highest BCUT2D eigenvalue weighted by molar-refractivity contribution is 5.81. The average molecular weight is 277 g/mol. The van der Waals surface area contributed by atoms with E-state index in [1.807, 2.05) is 0 Å². The second kappa shape index (κ2) is 4.82. The van der Waals surface area contributed by atoms with Gasteiger partial charge in [0.1, 0.15) is 30.2 Å². The van der Waals surface area contributed by atoms with Crippen LogP contribution in [0.15, 0.2) is 25.3 Å². The van der Waals surface area contributed by atoms with Gasteiger partial charge in [-0.2, -0.15) is 0 Å². The van der Waals surface area contributed by atoms with Crippen LogP contribution in [0.4, 0.5) is 5.82 Å². The van der Waals surface area contributed by atoms with Crippen molar-refractivity contribution in [1.82, 2.24) is 19.5 Å². The molecule has 3 N–H and O–H groups in total. The number of imidazole rings is 1. The quantitative estimate of drug-likeness (QED) is 0.752. The molecule has 2 aromatic rings. The molecule has 2 aromatic heterocycles. The smallest absolute Gasteiger partial charge is 0.167 e. The Labute approximate surface area is 114 Å². The summed E-state index contributed by atoms with van der Waals surface area (Å²) in [6.45, 7) is 3.64. The Morgan fingerprint density at radius 3 is 3.00 bits per heavy atom. The van der Waals surface area contributed by atoms with E-state index in [1.54, 1.807) is 17.0 Å². The Balaban J connectivity index is 2.06. The van der Waals surface area contributed by atoms with Gasteiger partial charge in [-0.15, -0.1) is 6.58 Å². The van der Waals surface area contributed by atoms with Crippen molar-refractivity contribution in [2.24, 2.45) is 0 Å². The number of hydrogen-bond donors (Lipinski definition) is 2. The van der Waals surface area contributed by atoms with Gasteiger partial charge in [-0.05, 0) is 0 Å². The highest BCUT2D eigenvalue weighted by atomic mass is 16.6. The number of rotatable bonds is 3. The van der Waals surface area contributed by atoms with Crippen LogP contribution in [-0.4, -0.2) is 50.0 Å². The summed E-state index contributed by atoms with van der Waals surface area (Å²) in [5, 5.41) is 10.1. The van der Waals surface area contributed by atoms with Crippen LogP contribution in [0.25, 0.3) is 11.2 Å². The Bertz CT molecular complexity index is 643. The summed E-state index contributed by atoms with van der Waals surface area (Å²) < 4.78 is 12.7. The van der Waals surface area contributed by atoms with Gasteiger partial charge in [0.2, 0.25) is 0 Å². The van der Waals surface area contributed by atoms with E-state index in [2.05, 4.69) is 21.5 Å². The average Bonchev–Trinajstić information content (AvgIpc) is 3.00. The molecular formula is C12H15N5O3. The standard InChI is InChI=1S/C12H15N5O3/c1-3-6-8(18)9(19-2)12(20-6)17-5-16-7-10(13)14-4-15-11(7)17/h3-6,8-9,12,18H,1H2,2H3,(H2,13,14,15)/t6-,8-,9-,12-/m1/s1. The van der Waals surface area contributed by atoms with Gasteiger partial charge in [-0.25, -0.2) is 15.0 Å². The number of hydrogen-bond acceptors (Lipinski definition) is 7. The fraction of sp³-hybridized carbons (Fsp3) is 0.417. The lowest BCUT2D eigenvalue weighted by molar-refractivity contribution is -0.0448. The van der Waals surface area contributed by atoms with Crippen LogP contribution < -0.4 is 5.73 Å². The summed E-state index contributed by atoms with van der Waals surface area (Å²) in [5.74, 6) is 0.293. The van der Waals surface area contributed by atoms with E-state index >= 15 is 0 Å². The molecular weight excluding hydrogens is 262 g/mol. The maximum absolute atomic E-state index is 10.1. The Morgan fingerprint density at radius 2 is 2.30 bits per heavy atom. The molecule has 0 unspecified atom stereocenters. The molecule has 20 heavy (non-hydrogen) atoms. The van der Waals surface area contributed by atoms with Crippen LogP contribution in [0.5, 0.6) is 0 Å². The fourth-order valence-electron chi connectivity index (χ4n) is 2.41. The van der Waals surface area contributed by atoms with Crippen molar-refractivity contribution >= 4 is 17.0 Å². The zero-order chi connectivity index (χ0) is 14.3. The number of anilines is 1. The Hall–Kier alpha value is -2.03. The maximum atomic E-state index is 10.1. The molecule has 1 aliphatic heterocycles. The zero-order valence-electron chi connectivity index (χ0n) is 10.9. The lowest BCUT2D eigenvalue weighted by Crippen LogP contribution is -2.32. The van der Waals surface area contributed by atoms with Crippen molar-refractivity contribution < 1.29 is 14.6 Å².